The highest BCUT2D eigenvalue weighted by Gasteiger charge is 2.14. The van der Waals surface area contributed by atoms with Gasteiger partial charge in [0.25, 0.3) is 11.1 Å². The van der Waals surface area contributed by atoms with Crippen molar-refractivity contribution < 1.29 is 4.74 Å². The van der Waals surface area contributed by atoms with Crippen molar-refractivity contribution in [2.24, 2.45) is 0 Å². The molecule has 0 aliphatic heterocycles. The Morgan fingerprint density at radius 1 is 1.29 bits per heavy atom. The molecule has 0 spiro atoms. The molecule has 0 aromatic carbocycles. The summed E-state index contributed by atoms with van der Waals surface area (Å²) in [6, 6.07) is 8.39. The summed E-state index contributed by atoms with van der Waals surface area (Å²) in [7, 11) is 0. The van der Waals surface area contributed by atoms with Gasteiger partial charge in [0.1, 0.15) is 17.3 Å². The van der Waals surface area contributed by atoms with E-state index < -0.39 is 5.56 Å². The zero-order valence-electron chi connectivity index (χ0n) is 13.2. The molecule has 0 bridgehead atoms. The first-order valence-electron chi connectivity index (χ1n) is 7.70. The number of hydrogen-bond donors (Lipinski definition) is 0. The normalized spacial score (nSPS) is 11.0. The Morgan fingerprint density at radius 3 is 2.88 bits per heavy atom. The molecule has 0 aliphatic rings. The van der Waals surface area contributed by atoms with Crippen LogP contribution < -0.4 is 11.1 Å². The van der Waals surface area contributed by atoms with Crippen molar-refractivity contribution in [3.05, 3.63) is 56.7 Å². The summed E-state index contributed by atoms with van der Waals surface area (Å²) in [5.74, 6) is 0. The molecule has 0 saturated heterocycles. The standard InChI is InChI=1S/C17H16N4O3/c1-2-24-9-5-8-21-15-13(10-12(11-18)16(21)22)17(23)20-7-4-3-6-14(20)19-15/h3-4,6-7,10H,2,5,8-9H2,1H3. The molecule has 0 aliphatic carbocycles. The van der Waals surface area contributed by atoms with Crippen molar-refractivity contribution in [2.45, 2.75) is 19.9 Å². The second-order valence-corrected chi connectivity index (χ2v) is 5.26. The minimum atomic E-state index is -0.436. The number of nitrogens with zero attached hydrogens (tertiary/aromatic N) is 4. The monoisotopic (exact) mass is 324 g/mol. The van der Waals surface area contributed by atoms with Gasteiger partial charge in [-0.25, -0.2) is 4.98 Å². The van der Waals surface area contributed by atoms with E-state index in [2.05, 4.69) is 4.98 Å². The summed E-state index contributed by atoms with van der Waals surface area (Å²) < 4.78 is 8.08. The molecule has 0 fully saturated rings. The van der Waals surface area contributed by atoms with Crippen LogP contribution in [0.25, 0.3) is 16.7 Å². The van der Waals surface area contributed by atoms with Crippen LogP contribution >= 0.6 is 0 Å². The molecule has 7 heteroatoms. The summed E-state index contributed by atoms with van der Waals surface area (Å²) in [5.41, 5.74) is -0.0441. The predicted molar refractivity (Wildman–Crippen MR) is 89.1 cm³/mol. The van der Waals surface area contributed by atoms with Crippen LogP contribution in [0.5, 0.6) is 0 Å². The SMILES string of the molecule is CCOCCCn1c(=O)c(C#N)cc2c(=O)n3ccccc3nc21. The van der Waals surface area contributed by atoms with Gasteiger partial charge >= 0.3 is 0 Å². The van der Waals surface area contributed by atoms with Crippen LogP contribution in [-0.2, 0) is 11.3 Å². The predicted octanol–water partition coefficient (Wildman–Crippen LogP) is 1.31. The highest BCUT2D eigenvalue weighted by atomic mass is 16.5. The summed E-state index contributed by atoms with van der Waals surface area (Å²) in [4.78, 5) is 29.6. The molecule has 3 rings (SSSR count). The van der Waals surface area contributed by atoms with Crippen molar-refractivity contribution in [3.8, 4) is 6.07 Å². The summed E-state index contributed by atoms with van der Waals surface area (Å²) >= 11 is 0. The van der Waals surface area contributed by atoms with Crippen LogP contribution in [-0.4, -0.2) is 27.2 Å². The van der Waals surface area contributed by atoms with Gasteiger partial charge in [0.05, 0.1) is 5.39 Å². The Bertz CT molecular complexity index is 1060. The van der Waals surface area contributed by atoms with Gasteiger partial charge in [-0.05, 0) is 31.5 Å². The first-order chi connectivity index (χ1) is 11.7. The fraction of sp³-hybridized carbons (Fsp3) is 0.294. The van der Waals surface area contributed by atoms with Gasteiger partial charge in [-0.2, -0.15) is 5.26 Å². The van der Waals surface area contributed by atoms with Crippen molar-refractivity contribution in [3.63, 3.8) is 0 Å². The summed E-state index contributed by atoms with van der Waals surface area (Å²) in [5, 5.41) is 9.45. The molecule has 122 valence electrons. The molecule has 3 heterocycles. The quantitative estimate of drug-likeness (QED) is 0.521. The third-order valence-corrected chi connectivity index (χ3v) is 3.76. The molecule has 0 radical (unpaired) electrons. The van der Waals surface area contributed by atoms with Gasteiger partial charge in [-0.1, -0.05) is 6.07 Å². The van der Waals surface area contributed by atoms with E-state index in [1.54, 1.807) is 24.4 Å². The lowest BCUT2D eigenvalue weighted by molar-refractivity contribution is 0.141. The van der Waals surface area contributed by atoms with Crippen LogP contribution in [0.4, 0.5) is 0 Å². The highest BCUT2D eigenvalue weighted by molar-refractivity contribution is 5.77. The second-order valence-electron chi connectivity index (χ2n) is 5.26. The Labute approximate surface area is 137 Å². The van der Waals surface area contributed by atoms with Crippen LogP contribution in [0.3, 0.4) is 0 Å². The van der Waals surface area contributed by atoms with Crippen LogP contribution in [0, 0.1) is 11.3 Å². The van der Waals surface area contributed by atoms with Crippen LogP contribution in [0.1, 0.15) is 18.9 Å². The van der Waals surface area contributed by atoms with E-state index in [0.717, 1.165) is 0 Å². The number of fused-ring (bicyclic) bond motifs is 2. The number of ether oxygens (including phenoxy) is 1. The molecule has 0 saturated carbocycles. The van der Waals surface area contributed by atoms with Crippen molar-refractivity contribution in [1.29, 1.82) is 5.26 Å². The largest absolute Gasteiger partial charge is 0.382 e. The van der Waals surface area contributed by atoms with Gasteiger partial charge < -0.3 is 4.74 Å². The average Bonchev–Trinajstić information content (AvgIpc) is 2.60. The number of pyridine rings is 2. The molecule has 0 unspecified atom stereocenters. The maximum atomic E-state index is 12.7. The number of nitriles is 1. The topological polar surface area (TPSA) is 89.4 Å². The van der Waals surface area contributed by atoms with E-state index >= 15 is 0 Å². The molecular formula is C17H16N4O3. The molecule has 0 amide bonds. The molecule has 0 atom stereocenters. The van der Waals surface area contributed by atoms with E-state index in [0.29, 0.717) is 37.5 Å². The molecule has 0 N–H and O–H groups in total. The van der Waals surface area contributed by atoms with E-state index in [4.69, 9.17) is 4.74 Å². The summed E-state index contributed by atoms with van der Waals surface area (Å²) in [6.07, 6.45) is 2.20. The van der Waals surface area contributed by atoms with Crippen molar-refractivity contribution in [2.75, 3.05) is 13.2 Å². The van der Waals surface area contributed by atoms with E-state index in [9.17, 15) is 14.9 Å². The Hall–Kier alpha value is -2.98. The molecule has 7 nitrogen and oxygen atoms in total. The van der Waals surface area contributed by atoms with E-state index in [1.807, 2.05) is 13.0 Å². The van der Waals surface area contributed by atoms with Crippen molar-refractivity contribution >= 4 is 16.7 Å². The zero-order valence-corrected chi connectivity index (χ0v) is 13.2. The smallest absolute Gasteiger partial charge is 0.270 e. The number of aryl methyl sites for hydroxylation is 1. The minimum absolute atomic E-state index is 0.0614. The fourth-order valence-electron chi connectivity index (χ4n) is 2.63. The Balaban J connectivity index is 2.27. The van der Waals surface area contributed by atoms with Crippen LogP contribution in [0.2, 0.25) is 0 Å². The molecule has 3 aromatic heterocycles. The van der Waals surface area contributed by atoms with Crippen molar-refractivity contribution in [1.82, 2.24) is 14.0 Å². The Morgan fingerprint density at radius 2 is 2.12 bits per heavy atom. The Kier molecular flexibility index (Phi) is 4.40. The first-order valence-corrected chi connectivity index (χ1v) is 7.70. The fourth-order valence-corrected chi connectivity index (χ4v) is 2.63. The molecular weight excluding hydrogens is 308 g/mol. The molecule has 24 heavy (non-hydrogen) atoms. The lowest BCUT2D eigenvalue weighted by Crippen LogP contribution is -2.27. The first kappa shape index (κ1) is 15.9. The lowest BCUT2D eigenvalue weighted by Gasteiger charge is -2.11. The van der Waals surface area contributed by atoms with Gasteiger partial charge in [0.2, 0.25) is 0 Å². The summed E-state index contributed by atoms with van der Waals surface area (Å²) in [6.45, 7) is 3.32. The maximum Gasteiger partial charge on any atom is 0.270 e. The molecule has 3 aromatic rings. The second kappa shape index (κ2) is 6.64. The maximum absolute atomic E-state index is 12.7. The van der Waals surface area contributed by atoms with Gasteiger partial charge in [0.15, 0.2) is 5.65 Å². The van der Waals surface area contributed by atoms with Gasteiger partial charge in [-0.15, -0.1) is 0 Å². The number of aromatic nitrogens is 3. The minimum Gasteiger partial charge on any atom is -0.382 e. The third-order valence-electron chi connectivity index (χ3n) is 3.76. The lowest BCUT2D eigenvalue weighted by atomic mass is 10.2. The average molecular weight is 324 g/mol. The van der Waals surface area contributed by atoms with E-state index in [1.165, 1.54) is 15.0 Å². The number of rotatable bonds is 5. The number of hydrogen-bond acceptors (Lipinski definition) is 5. The third kappa shape index (κ3) is 2.68. The van der Waals surface area contributed by atoms with Gasteiger partial charge in [-0.3, -0.25) is 18.6 Å². The zero-order chi connectivity index (χ0) is 17.1. The van der Waals surface area contributed by atoms with Gasteiger partial charge in [0, 0.05) is 26.0 Å². The van der Waals surface area contributed by atoms with Crippen LogP contribution in [0.15, 0.2) is 40.1 Å². The van der Waals surface area contributed by atoms with E-state index in [-0.39, 0.29) is 16.5 Å². The highest BCUT2D eigenvalue weighted by Crippen LogP contribution is 2.10.